The third kappa shape index (κ3) is 5.44. The summed E-state index contributed by atoms with van der Waals surface area (Å²) in [5.41, 5.74) is -0.678. The van der Waals surface area contributed by atoms with E-state index in [0.717, 1.165) is 24.3 Å². The van der Waals surface area contributed by atoms with Crippen molar-refractivity contribution in [2.75, 3.05) is 11.9 Å². The number of ether oxygens (including phenoxy) is 1. The highest BCUT2D eigenvalue weighted by atomic mass is 35.5. The Bertz CT molecular complexity index is 1420. The van der Waals surface area contributed by atoms with Crippen LogP contribution >= 0.6 is 23.2 Å². The van der Waals surface area contributed by atoms with Gasteiger partial charge < -0.3 is 20.4 Å². The average molecular weight is 543 g/mol. The second-order valence-corrected chi connectivity index (χ2v) is 8.09. The van der Waals surface area contributed by atoms with Crippen LogP contribution < -0.4 is 15.4 Å². The Morgan fingerprint density at radius 2 is 1.89 bits per heavy atom. The number of rotatable bonds is 7. The molecule has 0 fully saturated rings. The van der Waals surface area contributed by atoms with Gasteiger partial charge in [-0.05, 0) is 37.3 Å². The van der Waals surface area contributed by atoms with Gasteiger partial charge in [0, 0.05) is 6.20 Å². The molecular weight excluding hydrogens is 527 g/mol. The topological polar surface area (TPSA) is 105 Å². The maximum Gasteiger partial charge on any atom is 0.418 e. The number of fused-ring (bicyclic) bond motifs is 1. The van der Waals surface area contributed by atoms with E-state index in [0.29, 0.717) is 5.52 Å². The van der Waals surface area contributed by atoms with Crippen LogP contribution in [0, 0.1) is 5.82 Å². The Hall–Kier alpha value is -3.64. The average Bonchev–Trinajstić information content (AvgIpc) is 3.20. The third-order valence-corrected chi connectivity index (χ3v) is 5.42. The fourth-order valence-corrected chi connectivity index (χ4v) is 3.83. The van der Waals surface area contributed by atoms with Gasteiger partial charge in [0.15, 0.2) is 5.65 Å². The lowest BCUT2D eigenvalue weighted by atomic mass is 10.1. The van der Waals surface area contributed by atoms with E-state index in [2.05, 4.69) is 30.6 Å². The van der Waals surface area contributed by atoms with Gasteiger partial charge in [0.25, 0.3) is 5.91 Å². The summed E-state index contributed by atoms with van der Waals surface area (Å²) < 4.78 is 58.6. The summed E-state index contributed by atoms with van der Waals surface area (Å²) in [7, 11) is 0. The minimum atomic E-state index is -4.62. The first-order chi connectivity index (χ1) is 17.1. The molecule has 36 heavy (non-hydrogen) atoms. The summed E-state index contributed by atoms with van der Waals surface area (Å²) in [6.45, 7) is 1.36. The highest BCUT2D eigenvalue weighted by molar-refractivity contribution is 6.39. The molecule has 0 spiro atoms. The van der Waals surface area contributed by atoms with Crippen LogP contribution in [0.4, 0.5) is 29.2 Å². The molecule has 0 bridgehead atoms. The fraction of sp³-hybridized carbons (Fsp3) is 0.182. The molecule has 4 rings (SSSR count). The van der Waals surface area contributed by atoms with Gasteiger partial charge in [-0.25, -0.2) is 4.39 Å². The predicted molar refractivity (Wildman–Crippen MR) is 125 cm³/mol. The van der Waals surface area contributed by atoms with Crippen molar-refractivity contribution < 1.29 is 27.1 Å². The lowest BCUT2D eigenvalue weighted by Gasteiger charge is -2.13. The molecule has 188 valence electrons. The van der Waals surface area contributed by atoms with Crippen LogP contribution in [0.2, 0.25) is 10.0 Å². The summed E-state index contributed by atoms with van der Waals surface area (Å²) in [5, 5.41) is 5.27. The maximum absolute atomic E-state index is 13.5. The maximum atomic E-state index is 13.5. The van der Waals surface area contributed by atoms with E-state index in [-0.39, 0.29) is 51.1 Å². The second kappa shape index (κ2) is 10.2. The minimum absolute atomic E-state index is 0.0104. The van der Waals surface area contributed by atoms with Gasteiger partial charge in [0.05, 0.1) is 45.7 Å². The molecule has 0 aliphatic carbocycles. The number of nitrogens with zero attached hydrogens (tertiary/aromatic N) is 3. The second-order valence-electron chi connectivity index (χ2n) is 7.28. The van der Waals surface area contributed by atoms with Crippen molar-refractivity contribution in [1.29, 1.82) is 0 Å². The standard InChI is InChI=1S/C22H16Cl2F4N6O2/c1-2-36-20-11(19(35)30-9-16-12(22(26,27)28)4-3-5-29-16)8-15-18(33-20)34-21(31-15)32-17-13(23)6-10(25)7-14(17)24/h3-8H,2,9H2,1H3,(H,30,35)(H2,31,32,33,34). The van der Waals surface area contributed by atoms with Crippen molar-refractivity contribution in [2.45, 2.75) is 19.6 Å². The van der Waals surface area contributed by atoms with Gasteiger partial charge in [-0.15, -0.1) is 0 Å². The first-order valence-electron chi connectivity index (χ1n) is 10.3. The number of carbonyl (C=O) groups excluding carboxylic acids is 1. The van der Waals surface area contributed by atoms with Crippen molar-refractivity contribution in [2.24, 2.45) is 0 Å². The van der Waals surface area contributed by atoms with Crippen LogP contribution in [-0.4, -0.2) is 32.4 Å². The smallest absolute Gasteiger partial charge is 0.418 e. The molecule has 0 radical (unpaired) electrons. The molecule has 0 aliphatic heterocycles. The number of aromatic nitrogens is 4. The van der Waals surface area contributed by atoms with Crippen LogP contribution in [0.3, 0.4) is 0 Å². The molecular formula is C22H16Cl2F4N6O2. The van der Waals surface area contributed by atoms with Crippen molar-refractivity contribution >= 4 is 51.9 Å². The molecule has 0 saturated carbocycles. The molecule has 0 unspecified atom stereocenters. The summed E-state index contributed by atoms with van der Waals surface area (Å²) in [6.07, 6.45) is -3.42. The number of aromatic amines is 1. The van der Waals surface area contributed by atoms with Gasteiger partial charge >= 0.3 is 6.18 Å². The summed E-state index contributed by atoms with van der Waals surface area (Å²) in [4.78, 5) is 28.0. The number of pyridine rings is 2. The van der Waals surface area contributed by atoms with E-state index < -0.39 is 30.0 Å². The van der Waals surface area contributed by atoms with Crippen molar-refractivity contribution in [3.8, 4) is 5.88 Å². The minimum Gasteiger partial charge on any atom is -0.477 e. The monoisotopic (exact) mass is 542 g/mol. The molecule has 14 heteroatoms. The normalized spacial score (nSPS) is 11.5. The van der Waals surface area contributed by atoms with Gasteiger partial charge in [-0.3, -0.25) is 9.78 Å². The number of alkyl halides is 3. The molecule has 3 aromatic heterocycles. The van der Waals surface area contributed by atoms with Gasteiger partial charge in [-0.2, -0.15) is 23.1 Å². The molecule has 1 amide bonds. The molecule has 0 atom stereocenters. The van der Waals surface area contributed by atoms with Crippen molar-refractivity contribution in [3.05, 3.63) is 69.2 Å². The SMILES string of the molecule is CCOc1nc2nc(Nc3c(Cl)cc(F)cc3Cl)[nH]c2cc1C(=O)NCc1ncccc1C(F)(F)F. The Morgan fingerprint density at radius 3 is 2.56 bits per heavy atom. The third-order valence-electron chi connectivity index (χ3n) is 4.83. The quantitative estimate of drug-likeness (QED) is 0.251. The van der Waals surface area contributed by atoms with E-state index >= 15 is 0 Å². The zero-order chi connectivity index (χ0) is 26.0. The first-order valence-corrected chi connectivity index (χ1v) is 11.1. The van der Waals surface area contributed by atoms with Crippen LogP contribution in [-0.2, 0) is 12.7 Å². The largest absolute Gasteiger partial charge is 0.477 e. The molecule has 3 heterocycles. The van der Waals surface area contributed by atoms with Gasteiger partial charge in [0.1, 0.15) is 11.4 Å². The number of imidazole rings is 1. The Morgan fingerprint density at radius 1 is 1.17 bits per heavy atom. The summed E-state index contributed by atoms with van der Waals surface area (Å²) >= 11 is 12.1. The number of hydrogen-bond donors (Lipinski definition) is 3. The molecule has 8 nitrogen and oxygen atoms in total. The van der Waals surface area contributed by atoms with Gasteiger partial charge in [-0.1, -0.05) is 23.2 Å². The highest BCUT2D eigenvalue weighted by Gasteiger charge is 2.34. The Balaban J connectivity index is 1.62. The molecule has 0 saturated heterocycles. The Kier molecular flexibility index (Phi) is 7.18. The predicted octanol–water partition coefficient (Wildman–Crippen LogP) is 5.89. The number of anilines is 2. The zero-order valence-electron chi connectivity index (χ0n) is 18.3. The number of benzene rings is 1. The van der Waals surface area contributed by atoms with Crippen molar-refractivity contribution in [3.63, 3.8) is 0 Å². The highest BCUT2D eigenvalue weighted by Crippen LogP contribution is 2.34. The number of hydrogen-bond acceptors (Lipinski definition) is 6. The van der Waals surface area contributed by atoms with E-state index in [1.165, 1.54) is 12.3 Å². The number of nitrogens with one attached hydrogen (secondary N) is 3. The Labute approximate surface area is 211 Å². The lowest BCUT2D eigenvalue weighted by Crippen LogP contribution is -2.26. The molecule has 0 aliphatic rings. The van der Waals surface area contributed by atoms with E-state index in [9.17, 15) is 22.4 Å². The van der Waals surface area contributed by atoms with Crippen molar-refractivity contribution in [1.82, 2.24) is 25.3 Å². The summed E-state index contributed by atoms with van der Waals surface area (Å²) in [5.74, 6) is -1.29. The zero-order valence-corrected chi connectivity index (χ0v) is 19.8. The number of H-pyrrole nitrogens is 1. The van der Waals surface area contributed by atoms with E-state index in [1.54, 1.807) is 6.92 Å². The van der Waals surface area contributed by atoms with E-state index in [4.69, 9.17) is 27.9 Å². The van der Waals surface area contributed by atoms with E-state index in [1.807, 2.05) is 0 Å². The molecule has 4 aromatic rings. The lowest BCUT2D eigenvalue weighted by molar-refractivity contribution is -0.138. The first kappa shape index (κ1) is 25.5. The van der Waals surface area contributed by atoms with Crippen LogP contribution in [0.5, 0.6) is 5.88 Å². The number of amides is 1. The molecule has 1 aromatic carbocycles. The number of carbonyl (C=O) groups is 1. The number of halogens is 6. The fourth-order valence-electron chi connectivity index (χ4n) is 3.27. The van der Waals surface area contributed by atoms with Crippen LogP contribution in [0.25, 0.3) is 11.2 Å². The van der Waals surface area contributed by atoms with Gasteiger partial charge in [0.2, 0.25) is 11.8 Å². The molecule has 3 N–H and O–H groups in total. The van der Waals surface area contributed by atoms with Crippen LogP contribution in [0.1, 0.15) is 28.5 Å². The summed E-state index contributed by atoms with van der Waals surface area (Å²) in [6, 6.07) is 5.57. The van der Waals surface area contributed by atoms with Crippen LogP contribution in [0.15, 0.2) is 36.5 Å².